The average molecular weight is 490 g/mol. The summed E-state index contributed by atoms with van der Waals surface area (Å²) < 4.78 is 3.40. The number of nitrogens with one attached hydrogen (secondary N) is 1. The predicted molar refractivity (Wildman–Crippen MR) is 136 cm³/mol. The standard InChI is InChI=1S/C26H27N5O3S/c1-2-14-30-24(34)20-13-12-18(23(33)27-19-10-6-7-11-19)15-21(20)31-25(30)28-29-26(31)35-16-22(32)17-8-4-3-5-9-17/h3-5,8-9,12-13,15,19H,2,6-7,10-11,14,16H2,1H3,(H,27,33). The first kappa shape index (κ1) is 23.3. The SMILES string of the molecule is CCCn1c(=O)c2ccc(C(=O)NC3CCCC3)cc2n2c(SCC(=O)c3ccccc3)nnc12. The Hall–Kier alpha value is -3.46. The lowest BCUT2D eigenvalue weighted by Gasteiger charge is -2.14. The number of hydrogen-bond donors (Lipinski definition) is 1. The van der Waals surface area contributed by atoms with Gasteiger partial charge < -0.3 is 5.32 Å². The molecule has 1 fully saturated rings. The molecule has 180 valence electrons. The van der Waals surface area contributed by atoms with Gasteiger partial charge in [-0.25, -0.2) is 0 Å². The van der Waals surface area contributed by atoms with E-state index in [1.165, 1.54) is 11.8 Å². The van der Waals surface area contributed by atoms with Gasteiger partial charge in [-0.1, -0.05) is 61.9 Å². The molecular weight excluding hydrogens is 462 g/mol. The van der Waals surface area contributed by atoms with Crippen LogP contribution in [-0.2, 0) is 6.54 Å². The Balaban J connectivity index is 1.56. The number of rotatable bonds is 8. The zero-order valence-corrected chi connectivity index (χ0v) is 20.4. The molecule has 2 aromatic carbocycles. The van der Waals surface area contributed by atoms with Gasteiger partial charge in [0.1, 0.15) is 0 Å². The molecule has 0 bridgehead atoms. The number of carbonyl (C=O) groups is 2. The summed E-state index contributed by atoms with van der Waals surface area (Å²) >= 11 is 1.27. The highest BCUT2D eigenvalue weighted by Gasteiger charge is 2.21. The summed E-state index contributed by atoms with van der Waals surface area (Å²) in [5.41, 5.74) is 1.52. The van der Waals surface area contributed by atoms with Crippen LogP contribution in [0.25, 0.3) is 16.7 Å². The van der Waals surface area contributed by atoms with Crippen LogP contribution >= 0.6 is 11.8 Å². The van der Waals surface area contributed by atoms with Crippen molar-refractivity contribution in [1.82, 2.24) is 24.5 Å². The molecule has 1 amide bonds. The molecule has 0 spiro atoms. The molecule has 1 aliphatic carbocycles. The maximum atomic E-state index is 13.3. The average Bonchev–Trinajstić information content (AvgIpc) is 3.55. The van der Waals surface area contributed by atoms with E-state index >= 15 is 0 Å². The van der Waals surface area contributed by atoms with E-state index in [1.54, 1.807) is 39.3 Å². The monoisotopic (exact) mass is 489 g/mol. The fraction of sp³-hybridized carbons (Fsp3) is 0.346. The lowest BCUT2D eigenvalue weighted by Crippen LogP contribution is -2.32. The second-order valence-electron chi connectivity index (χ2n) is 8.84. The Morgan fingerprint density at radius 3 is 2.57 bits per heavy atom. The van der Waals surface area contributed by atoms with Gasteiger partial charge in [0.05, 0.1) is 16.7 Å². The number of ketones is 1. The van der Waals surface area contributed by atoms with Crippen LogP contribution in [0.2, 0.25) is 0 Å². The summed E-state index contributed by atoms with van der Waals surface area (Å²) in [6.07, 6.45) is 5.00. The summed E-state index contributed by atoms with van der Waals surface area (Å²) in [5.74, 6) is 0.426. The van der Waals surface area contributed by atoms with Crippen LogP contribution in [0, 0.1) is 0 Å². The summed E-state index contributed by atoms with van der Waals surface area (Å²) in [4.78, 5) is 38.9. The number of fused-ring (bicyclic) bond motifs is 3. The molecule has 4 aromatic rings. The second kappa shape index (κ2) is 10.0. The molecule has 2 aromatic heterocycles. The largest absolute Gasteiger partial charge is 0.349 e. The van der Waals surface area contributed by atoms with Crippen molar-refractivity contribution >= 4 is 40.1 Å². The Labute approximate surface area is 206 Å². The molecule has 5 rings (SSSR count). The number of benzene rings is 2. The lowest BCUT2D eigenvalue weighted by atomic mass is 10.1. The van der Waals surface area contributed by atoms with Crippen molar-refractivity contribution in [3.63, 3.8) is 0 Å². The molecule has 1 aliphatic rings. The van der Waals surface area contributed by atoms with Crippen molar-refractivity contribution in [2.75, 3.05) is 5.75 Å². The van der Waals surface area contributed by atoms with Crippen LogP contribution in [0.4, 0.5) is 0 Å². The first-order valence-electron chi connectivity index (χ1n) is 12.0. The fourth-order valence-electron chi connectivity index (χ4n) is 4.62. The molecule has 0 unspecified atom stereocenters. The minimum absolute atomic E-state index is 0.0184. The van der Waals surface area contributed by atoms with E-state index in [2.05, 4.69) is 15.5 Å². The minimum atomic E-state index is -0.165. The molecule has 1 saturated carbocycles. The highest BCUT2D eigenvalue weighted by atomic mass is 32.2. The normalized spacial score (nSPS) is 14.1. The predicted octanol–water partition coefficient (Wildman–Crippen LogP) is 4.10. The van der Waals surface area contributed by atoms with Gasteiger partial charge in [-0.2, -0.15) is 0 Å². The molecule has 35 heavy (non-hydrogen) atoms. The third kappa shape index (κ3) is 4.60. The molecule has 0 atom stereocenters. The number of nitrogens with zero attached hydrogens (tertiary/aromatic N) is 4. The van der Waals surface area contributed by atoms with Crippen molar-refractivity contribution < 1.29 is 9.59 Å². The molecular formula is C26H27N5O3S. The number of hydrogen-bond acceptors (Lipinski definition) is 6. The van der Waals surface area contributed by atoms with Gasteiger partial charge in [-0.3, -0.25) is 23.4 Å². The summed E-state index contributed by atoms with van der Waals surface area (Å²) in [5, 5.41) is 12.7. The lowest BCUT2D eigenvalue weighted by molar-refractivity contribution is 0.0937. The van der Waals surface area contributed by atoms with Crippen LogP contribution < -0.4 is 10.9 Å². The molecule has 0 radical (unpaired) electrons. The zero-order chi connectivity index (χ0) is 24.4. The van der Waals surface area contributed by atoms with Crippen LogP contribution in [0.3, 0.4) is 0 Å². The molecule has 0 aliphatic heterocycles. The van der Waals surface area contributed by atoms with E-state index in [9.17, 15) is 14.4 Å². The van der Waals surface area contributed by atoms with Crippen molar-refractivity contribution in [2.45, 2.75) is 56.8 Å². The van der Waals surface area contributed by atoms with Crippen LogP contribution in [0.15, 0.2) is 58.5 Å². The third-order valence-corrected chi connectivity index (χ3v) is 7.33. The van der Waals surface area contributed by atoms with E-state index in [-0.39, 0.29) is 29.0 Å². The van der Waals surface area contributed by atoms with E-state index < -0.39 is 0 Å². The zero-order valence-electron chi connectivity index (χ0n) is 19.6. The van der Waals surface area contributed by atoms with Gasteiger partial charge in [0.15, 0.2) is 10.9 Å². The topological polar surface area (TPSA) is 98.4 Å². The first-order valence-corrected chi connectivity index (χ1v) is 13.0. The van der Waals surface area contributed by atoms with Crippen LogP contribution in [0.5, 0.6) is 0 Å². The van der Waals surface area contributed by atoms with Gasteiger partial charge in [0.2, 0.25) is 5.78 Å². The van der Waals surface area contributed by atoms with Gasteiger partial charge >= 0.3 is 0 Å². The van der Waals surface area contributed by atoms with Crippen LogP contribution in [0.1, 0.15) is 59.7 Å². The van der Waals surface area contributed by atoms with Gasteiger partial charge in [-0.15, -0.1) is 10.2 Å². The minimum Gasteiger partial charge on any atom is -0.349 e. The van der Waals surface area contributed by atoms with Crippen LogP contribution in [-0.4, -0.2) is 42.7 Å². The highest BCUT2D eigenvalue weighted by molar-refractivity contribution is 7.99. The fourth-order valence-corrected chi connectivity index (χ4v) is 5.45. The summed E-state index contributed by atoms with van der Waals surface area (Å²) in [6, 6.07) is 14.4. The molecule has 9 heteroatoms. The van der Waals surface area contributed by atoms with E-state index in [1.807, 2.05) is 25.1 Å². The van der Waals surface area contributed by atoms with Gasteiger partial charge in [0, 0.05) is 23.7 Å². The smallest absolute Gasteiger partial charge is 0.262 e. The highest BCUT2D eigenvalue weighted by Crippen LogP contribution is 2.24. The maximum Gasteiger partial charge on any atom is 0.262 e. The molecule has 0 saturated heterocycles. The molecule has 2 heterocycles. The third-order valence-electron chi connectivity index (χ3n) is 6.40. The van der Waals surface area contributed by atoms with Gasteiger partial charge in [-0.05, 0) is 37.5 Å². The quantitative estimate of drug-likeness (QED) is 0.296. The Bertz CT molecular complexity index is 1450. The van der Waals surface area contributed by atoms with E-state index in [0.717, 1.165) is 32.1 Å². The number of thioether (sulfide) groups is 1. The van der Waals surface area contributed by atoms with Gasteiger partial charge in [0.25, 0.3) is 11.5 Å². The van der Waals surface area contributed by atoms with Crippen molar-refractivity contribution in [3.05, 3.63) is 70.0 Å². The number of Topliss-reactive ketones (excluding diaryl/α,β-unsaturated/α-hetero) is 1. The summed E-state index contributed by atoms with van der Waals surface area (Å²) in [7, 11) is 0. The Morgan fingerprint density at radius 2 is 1.83 bits per heavy atom. The number of aryl methyl sites for hydroxylation is 1. The van der Waals surface area contributed by atoms with Crippen molar-refractivity contribution in [2.24, 2.45) is 0 Å². The molecule has 1 N–H and O–H groups in total. The van der Waals surface area contributed by atoms with E-state index in [4.69, 9.17) is 0 Å². The Morgan fingerprint density at radius 1 is 1.06 bits per heavy atom. The first-order chi connectivity index (χ1) is 17.1. The van der Waals surface area contributed by atoms with E-state index in [0.29, 0.717) is 39.5 Å². The van der Waals surface area contributed by atoms with Crippen molar-refractivity contribution in [3.8, 4) is 0 Å². The number of aromatic nitrogens is 4. The number of carbonyl (C=O) groups excluding carboxylic acids is 2. The number of amides is 1. The van der Waals surface area contributed by atoms with Crippen molar-refractivity contribution in [1.29, 1.82) is 0 Å². The summed E-state index contributed by atoms with van der Waals surface area (Å²) in [6.45, 7) is 2.49. The Kier molecular flexibility index (Phi) is 6.68. The maximum absolute atomic E-state index is 13.3. The second-order valence-corrected chi connectivity index (χ2v) is 9.78. The molecule has 8 nitrogen and oxygen atoms in total.